The number of nitrogens with one attached hydrogen (secondary N) is 1. The molecule has 0 heterocycles. The minimum Gasteiger partial charge on any atom is -0.385 e. The molecule has 3 N–H and O–H groups in total. The molecule has 0 radical (unpaired) electrons. The van der Waals surface area contributed by atoms with Gasteiger partial charge >= 0.3 is 0 Å². The van der Waals surface area contributed by atoms with E-state index in [1.165, 1.54) is 81.9 Å². The number of allylic oxidation sites excluding steroid dienone is 3. The van der Waals surface area contributed by atoms with Crippen LogP contribution in [0.1, 0.15) is 77.0 Å². The number of anilines is 1. The maximum atomic E-state index is 12.5. The molecule has 1 aromatic carbocycles. The first kappa shape index (κ1) is 26.1. The first-order chi connectivity index (χ1) is 19.1. The molecule has 7 rings (SSSR count). The zero-order valence-electron chi connectivity index (χ0n) is 23.9. The van der Waals surface area contributed by atoms with Crippen molar-refractivity contribution in [2.24, 2.45) is 70.3 Å². The van der Waals surface area contributed by atoms with E-state index in [4.69, 9.17) is 5.73 Å². The number of benzene rings is 1. The van der Waals surface area contributed by atoms with Crippen molar-refractivity contribution < 1.29 is 4.79 Å². The minimum atomic E-state index is -0.323. The highest BCUT2D eigenvalue weighted by atomic mass is 16.1. The second-order valence-electron chi connectivity index (χ2n) is 14.6. The Morgan fingerprint density at radius 3 is 2.56 bits per heavy atom. The average molecular weight is 527 g/mol. The second-order valence-corrected chi connectivity index (χ2v) is 14.6. The Morgan fingerprint density at radius 1 is 0.949 bits per heavy atom. The number of hydrogen-bond acceptors (Lipinski definition) is 3. The fourth-order valence-electron chi connectivity index (χ4n) is 11.3. The molecule has 1 aromatic rings. The van der Waals surface area contributed by atoms with Crippen LogP contribution in [0.4, 0.5) is 5.69 Å². The lowest BCUT2D eigenvalue weighted by molar-refractivity contribution is -0.111. The Balaban J connectivity index is 1.08. The molecule has 6 aliphatic carbocycles. The summed E-state index contributed by atoms with van der Waals surface area (Å²) in [6.07, 6.45) is 22.4. The number of nitrogens with two attached hydrogens (primary N) is 1. The summed E-state index contributed by atoms with van der Waals surface area (Å²) < 4.78 is 0. The largest absolute Gasteiger partial charge is 0.385 e. The number of aldehydes is 1. The number of hydrogen-bond donors (Lipinski definition) is 2. The van der Waals surface area contributed by atoms with Crippen molar-refractivity contribution in [2.45, 2.75) is 83.1 Å². The smallest absolute Gasteiger partial charge is 0.137 e. The molecule has 0 bridgehead atoms. The molecule has 5 saturated carbocycles. The van der Waals surface area contributed by atoms with Crippen LogP contribution in [0.15, 0.2) is 54.6 Å². The van der Waals surface area contributed by atoms with Crippen LogP contribution < -0.4 is 11.1 Å². The van der Waals surface area contributed by atoms with Gasteiger partial charge in [-0.1, -0.05) is 74.6 Å². The van der Waals surface area contributed by atoms with Gasteiger partial charge in [0.05, 0.1) is 6.04 Å². The van der Waals surface area contributed by atoms with Crippen molar-refractivity contribution in [3.05, 3.63) is 54.6 Å². The van der Waals surface area contributed by atoms with Crippen molar-refractivity contribution in [3.63, 3.8) is 0 Å². The van der Waals surface area contributed by atoms with Gasteiger partial charge in [0.15, 0.2) is 0 Å². The van der Waals surface area contributed by atoms with Gasteiger partial charge < -0.3 is 15.8 Å². The molecule has 3 nitrogen and oxygen atoms in total. The molecule has 3 heteroatoms. The summed E-state index contributed by atoms with van der Waals surface area (Å²) in [7, 11) is 0. The van der Waals surface area contributed by atoms with Crippen molar-refractivity contribution in [2.75, 3.05) is 11.9 Å². The Hall–Kier alpha value is -1.87. The van der Waals surface area contributed by atoms with E-state index in [0.717, 1.165) is 42.9 Å². The number of carbonyl (C=O) groups excluding carboxylic acids is 1. The van der Waals surface area contributed by atoms with E-state index < -0.39 is 0 Å². The average Bonchev–Trinajstić information content (AvgIpc) is 3.26. The topological polar surface area (TPSA) is 55.1 Å². The zero-order valence-corrected chi connectivity index (χ0v) is 23.9. The highest BCUT2D eigenvalue weighted by Crippen LogP contribution is 2.76. The number of fused-ring (bicyclic) bond motifs is 4. The molecule has 11 atom stereocenters. The zero-order chi connectivity index (χ0) is 26.6. The van der Waals surface area contributed by atoms with E-state index in [1.54, 1.807) is 0 Å². The normalized spacial score (nSPS) is 44.1. The standard InChI is InChI=1S/C36H50N2O/c1-23-12-15-33-35(32-20-28(19-31(23)32)25-8-4-2-5-9-25)36(33,34(37)22-39)29-14-13-26-16-24(17-27(26)18-29)21-38-30-10-6-3-7-11-30/h3,6-7,10-11,13-14,22,24-29,31-35,38H,1-2,4-5,8-9,12,15-21,37H2/t24-,26+,27+,28-,29-,31+,32+,33+,34-,35-,36+/m0/s1. The fraction of sp³-hybridized carbons (Fsp3) is 0.694. The van der Waals surface area contributed by atoms with Crippen molar-refractivity contribution in [1.29, 1.82) is 0 Å². The monoisotopic (exact) mass is 526 g/mol. The highest BCUT2D eigenvalue weighted by Gasteiger charge is 2.73. The van der Waals surface area contributed by atoms with E-state index in [-0.39, 0.29) is 11.5 Å². The lowest BCUT2D eigenvalue weighted by Gasteiger charge is -2.38. The van der Waals surface area contributed by atoms with Crippen LogP contribution in [-0.2, 0) is 4.79 Å². The second kappa shape index (κ2) is 10.5. The van der Waals surface area contributed by atoms with Crippen LogP contribution in [0.2, 0.25) is 0 Å². The SMILES string of the molecule is C=C1CC[C@@H]2[C@H]([C@@H]3C[C@@H](C4CCCCC4)C[C@H]13)[C@]2([C@@H](N)C=O)[C@H]1C=C[C@@H]2C[C@H](CNc3ccccc3)C[C@@H]2C1. The fourth-order valence-corrected chi connectivity index (χ4v) is 11.3. The van der Waals surface area contributed by atoms with Gasteiger partial charge in [-0.05, 0) is 116 Å². The van der Waals surface area contributed by atoms with Gasteiger partial charge in [0, 0.05) is 17.6 Å². The van der Waals surface area contributed by atoms with Gasteiger partial charge in [-0.2, -0.15) is 0 Å². The maximum Gasteiger partial charge on any atom is 0.137 e. The predicted molar refractivity (Wildman–Crippen MR) is 160 cm³/mol. The molecule has 6 aliphatic rings. The number of para-hydroxylation sites is 1. The molecule has 0 aliphatic heterocycles. The Morgan fingerprint density at radius 2 is 1.77 bits per heavy atom. The van der Waals surface area contributed by atoms with Crippen LogP contribution in [0, 0.1) is 64.6 Å². The first-order valence-corrected chi connectivity index (χ1v) is 16.4. The first-order valence-electron chi connectivity index (χ1n) is 16.4. The van der Waals surface area contributed by atoms with Gasteiger partial charge in [-0.25, -0.2) is 0 Å². The summed E-state index contributed by atoms with van der Waals surface area (Å²) >= 11 is 0. The molecule has 0 saturated heterocycles. The molecule has 0 aromatic heterocycles. The van der Waals surface area contributed by atoms with Crippen molar-refractivity contribution >= 4 is 12.0 Å². The molecule has 0 amide bonds. The van der Waals surface area contributed by atoms with Gasteiger partial charge in [0.1, 0.15) is 6.29 Å². The molecule has 39 heavy (non-hydrogen) atoms. The van der Waals surface area contributed by atoms with E-state index in [2.05, 4.69) is 54.4 Å². The summed E-state index contributed by atoms with van der Waals surface area (Å²) in [6, 6.07) is 10.3. The van der Waals surface area contributed by atoms with Gasteiger partial charge in [-0.3, -0.25) is 0 Å². The number of carbonyl (C=O) groups is 1. The quantitative estimate of drug-likeness (QED) is 0.283. The molecule has 0 spiro atoms. The van der Waals surface area contributed by atoms with E-state index >= 15 is 0 Å². The Labute approximate surface area is 236 Å². The molecular formula is C36H50N2O. The van der Waals surface area contributed by atoms with Crippen LogP contribution in [0.3, 0.4) is 0 Å². The van der Waals surface area contributed by atoms with Gasteiger partial charge in [0.25, 0.3) is 0 Å². The summed E-state index contributed by atoms with van der Waals surface area (Å²) in [5, 5.41) is 3.69. The van der Waals surface area contributed by atoms with Crippen LogP contribution in [0.5, 0.6) is 0 Å². The summed E-state index contributed by atoms with van der Waals surface area (Å²) in [5.41, 5.74) is 9.65. The molecule has 0 unspecified atom stereocenters. The minimum absolute atomic E-state index is 0.00529. The lowest BCUT2D eigenvalue weighted by Crippen LogP contribution is -2.43. The molecule has 5 fully saturated rings. The third-order valence-corrected chi connectivity index (χ3v) is 13.0. The van der Waals surface area contributed by atoms with E-state index in [0.29, 0.717) is 35.5 Å². The van der Waals surface area contributed by atoms with E-state index in [1.807, 2.05) is 0 Å². The summed E-state index contributed by atoms with van der Waals surface area (Å²) in [4.78, 5) is 12.5. The number of rotatable bonds is 7. The predicted octanol–water partition coefficient (Wildman–Crippen LogP) is 7.65. The Bertz CT molecular complexity index is 1070. The molecule has 210 valence electrons. The van der Waals surface area contributed by atoms with Crippen molar-refractivity contribution in [1.82, 2.24) is 0 Å². The van der Waals surface area contributed by atoms with Crippen LogP contribution in [0.25, 0.3) is 0 Å². The maximum absolute atomic E-state index is 12.5. The van der Waals surface area contributed by atoms with Gasteiger partial charge in [0.2, 0.25) is 0 Å². The third-order valence-electron chi connectivity index (χ3n) is 13.0. The van der Waals surface area contributed by atoms with Crippen LogP contribution >= 0.6 is 0 Å². The highest BCUT2D eigenvalue weighted by molar-refractivity contribution is 5.61. The van der Waals surface area contributed by atoms with E-state index in [9.17, 15) is 4.79 Å². The summed E-state index contributed by atoms with van der Waals surface area (Å²) in [5.74, 6) is 7.06. The molecular weight excluding hydrogens is 476 g/mol. The Kier molecular flexibility index (Phi) is 7.02. The lowest BCUT2D eigenvalue weighted by atomic mass is 9.67. The third kappa shape index (κ3) is 4.46. The van der Waals surface area contributed by atoms with Gasteiger partial charge in [-0.15, -0.1) is 0 Å². The summed E-state index contributed by atoms with van der Waals surface area (Å²) in [6.45, 7) is 5.71. The van der Waals surface area contributed by atoms with Crippen LogP contribution in [-0.4, -0.2) is 18.9 Å². The van der Waals surface area contributed by atoms with Crippen molar-refractivity contribution in [3.8, 4) is 0 Å².